The Morgan fingerprint density at radius 1 is 0.320 bits per heavy atom. The summed E-state index contributed by atoms with van der Waals surface area (Å²) in [5.74, 6) is 1.42. The molecule has 6 N–H and O–H groups in total. The van der Waals surface area contributed by atoms with Crippen LogP contribution in [0.4, 0.5) is 0 Å². The SMILES string of the molecule is Cc1cc(C(c2ccc(O)cc2)c2ccc(O)c(C)c2)ccc1O.Cc1cc(C(c2cccc(O)c2)c2cc(C)c(O)c(C)c2)cc(C)c1O. The van der Waals surface area contributed by atoms with Gasteiger partial charge in [-0.1, -0.05) is 72.8 Å². The number of phenols is 6. The molecule has 6 aromatic carbocycles. The summed E-state index contributed by atoms with van der Waals surface area (Å²) in [5, 5.41) is 59.5. The Morgan fingerprint density at radius 3 is 1.08 bits per heavy atom. The van der Waals surface area contributed by atoms with Gasteiger partial charge >= 0.3 is 0 Å². The van der Waals surface area contributed by atoms with E-state index < -0.39 is 0 Å². The molecule has 0 aliphatic carbocycles. The molecule has 0 aliphatic rings. The molecular formula is C44H44O6. The molecule has 0 fully saturated rings. The van der Waals surface area contributed by atoms with Gasteiger partial charge in [0.2, 0.25) is 0 Å². The van der Waals surface area contributed by atoms with E-state index in [1.54, 1.807) is 36.4 Å². The monoisotopic (exact) mass is 668 g/mol. The number of aryl methyl sites for hydroxylation is 6. The Balaban J connectivity index is 0.000000195. The maximum Gasteiger partial charge on any atom is 0.121 e. The van der Waals surface area contributed by atoms with Crippen LogP contribution in [0.3, 0.4) is 0 Å². The van der Waals surface area contributed by atoms with Crippen molar-refractivity contribution < 1.29 is 30.6 Å². The van der Waals surface area contributed by atoms with E-state index in [2.05, 4.69) is 0 Å². The third kappa shape index (κ3) is 7.71. The first-order chi connectivity index (χ1) is 23.7. The van der Waals surface area contributed by atoms with Gasteiger partial charge in [-0.3, -0.25) is 0 Å². The van der Waals surface area contributed by atoms with Gasteiger partial charge in [-0.05, 0) is 145 Å². The van der Waals surface area contributed by atoms with Gasteiger partial charge in [0.15, 0.2) is 0 Å². The molecule has 6 nitrogen and oxygen atoms in total. The van der Waals surface area contributed by atoms with Crippen molar-refractivity contribution in [3.63, 3.8) is 0 Å². The molecule has 0 aromatic heterocycles. The van der Waals surface area contributed by atoms with Gasteiger partial charge in [0, 0.05) is 11.8 Å². The molecule has 0 spiro atoms. The number of aromatic hydroxyl groups is 6. The van der Waals surface area contributed by atoms with E-state index in [9.17, 15) is 30.6 Å². The van der Waals surface area contributed by atoms with Crippen molar-refractivity contribution in [1.82, 2.24) is 0 Å². The van der Waals surface area contributed by atoms with Crippen LogP contribution in [0.2, 0.25) is 0 Å². The van der Waals surface area contributed by atoms with E-state index in [0.717, 1.165) is 66.8 Å². The van der Waals surface area contributed by atoms with Crippen molar-refractivity contribution in [2.75, 3.05) is 0 Å². The second-order valence-corrected chi connectivity index (χ2v) is 13.2. The topological polar surface area (TPSA) is 121 Å². The Morgan fingerprint density at radius 2 is 0.680 bits per heavy atom. The number of benzene rings is 6. The molecule has 0 bridgehead atoms. The zero-order chi connectivity index (χ0) is 36.3. The number of hydrogen-bond donors (Lipinski definition) is 6. The highest BCUT2D eigenvalue weighted by Gasteiger charge is 2.21. The van der Waals surface area contributed by atoms with Crippen molar-refractivity contribution in [2.45, 2.75) is 53.4 Å². The van der Waals surface area contributed by atoms with Gasteiger partial charge < -0.3 is 30.6 Å². The van der Waals surface area contributed by atoms with Crippen molar-refractivity contribution in [3.05, 3.63) is 176 Å². The number of phenolic OH excluding ortho intramolecular Hbond substituents is 6. The average Bonchev–Trinajstić information content (AvgIpc) is 3.07. The van der Waals surface area contributed by atoms with Crippen LogP contribution in [0.1, 0.15) is 78.6 Å². The lowest BCUT2D eigenvalue weighted by Crippen LogP contribution is -2.05. The molecule has 256 valence electrons. The molecule has 0 unspecified atom stereocenters. The minimum absolute atomic E-state index is 0.0517. The maximum atomic E-state index is 10.1. The van der Waals surface area contributed by atoms with Crippen LogP contribution >= 0.6 is 0 Å². The van der Waals surface area contributed by atoms with Crippen molar-refractivity contribution >= 4 is 0 Å². The Kier molecular flexibility index (Phi) is 10.4. The first-order valence-corrected chi connectivity index (χ1v) is 16.5. The van der Waals surface area contributed by atoms with Gasteiger partial charge in [0.1, 0.15) is 34.5 Å². The van der Waals surface area contributed by atoms with E-state index in [1.165, 1.54) is 0 Å². The van der Waals surface area contributed by atoms with E-state index in [1.807, 2.05) is 114 Å². The second-order valence-electron chi connectivity index (χ2n) is 13.2. The van der Waals surface area contributed by atoms with Crippen LogP contribution in [0, 0.1) is 41.5 Å². The Bertz CT molecular complexity index is 1990. The first kappa shape index (κ1) is 35.4. The fourth-order valence-corrected chi connectivity index (χ4v) is 6.55. The molecule has 0 saturated heterocycles. The summed E-state index contributed by atoms with van der Waals surface area (Å²) >= 11 is 0. The molecular weight excluding hydrogens is 624 g/mol. The molecule has 0 saturated carbocycles. The van der Waals surface area contributed by atoms with E-state index >= 15 is 0 Å². The smallest absolute Gasteiger partial charge is 0.121 e. The lowest BCUT2D eigenvalue weighted by Gasteiger charge is -2.22. The molecule has 6 aromatic rings. The standard InChI is InChI=1S/C23H24O3.C21H20O3/c1-13-8-18(9-14(2)22(13)25)21(17-6-5-7-20(24)12-17)19-10-15(3)23(26)16(4)11-19;1-13-11-16(5-9-19(13)23)21(15-3-7-18(22)8-4-15)17-6-10-20(24)14(2)12-17/h5-12,21,24-26H,1-4H3;3-12,21-24H,1-2H3. The van der Waals surface area contributed by atoms with Gasteiger partial charge in [0.25, 0.3) is 0 Å². The highest BCUT2D eigenvalue weighted by atomic mass is 16.3. The fourth-order valence-electron chi connectivity index (χ4n) is 6.55. The van der Waals surface area contributed by atoms with Gasteiger partial charge in [-0.15, -0.1) is 0 Å². The summed E-state index contributed by atoms with van der Waals surface area (Å²) in [5.41, 5.74) is 11.0. The minimum atomic E-state index is -0.113. The summed E-state index contributed by atoms with van der Waals surface area (Å²) in [7, 11) is 0. The fraction of sp³-hybridized carbons (Fsp3) is 0.182. The quantitative estimate of drug-likeness (QED) is 0.0983. The molecule has 0 amide bonds. The van der Waals surface area contributed by atoms with Crippen LogP contribution in [0.5, 0.6) is 34.5 Å². The second kappa shape index (κ2) is 14.7. The molecule has 6 heteroatoms. The van der Waals surface area contributed by atoms with E-state index in [-0.39, 0.29) is 34.8 Å². The minimum Gasteiger partial charge on any atom is -0.508 e. The Labute approximate surface area is 293 Å². The average molecular weight is 669 g/mol. The highest BCUT2D eigenvalue weighted by molar-refractivity contribution is 5.54. The highest BCUT2D eigenvalue weighted by Crippen LogP contribution is 2.39. The van der Waals surface area contributed by atoms with Crippen molar-refractivity contribution in [2.24, 2.45) is 0 Å². The third-order valence-corrected chi connectivity index (χ3v) is 9.23. The third-order valence-electron chi connectivity index (χ3n) is 9.23. The molecule has 50 heavy (non-hydrogen) atoms. The molecule has 6 rings (SSSR count). The summed E-state index contributed by atoms with van der Waals surface area (Å²) in [6.07, 6.45) is 0. The van der Waals surface area contributed by atoms with Crippen LogP contribution in [-0.4, -0.2) is 30.6 Å². The lowest BCUT2D eigenvalue weighted by molar-refractivity contribution is 0.466. The zero-order valence-electron chi connectivity index (χ0n) is 29.2. The van der Waals surface area contributed by atoms with Gasteiger partial charge in [0.05, 0.1) is 0 Å². The van der Waals surface area contributed by atoms with E-state index in [4.69, 9.17) is 0 Å². The number of rotatable bonds is 6. The maximum absolute atomic E-state index is 10.1. The molecule has 0 atom stereocenters. The largest absolute Gasteiger partial charge is 0.508 e. The van der Waals surface area contributed by atoms with Gasteiger partial charge in [-0.2, -0.15) is 0 Å². The summed E-state index contributed by atoms with van der Waals surface area (Å²) in [6, 6.07) is 33.4. The van der Waals surface area contributed by atoms with Crippen LogP contribution in [0.15, 0.2) is 109 Å². The first-order valence-electron chi connectivity index (χ1n) is 16.5. The predicted octanol–water partition coefficient (Wildman–Crippen LogP) is 9.82. The molecule has 0 aliphatic heterocycles. The van der Waals surface area contributed by atoms with Gasteiger partial charge in [-0.25, -0.2) is 0 Å². The molecule has 0 heterocycles. The zero-order valence-corrected chi connectivity index (χ0v) is 29.2. The summed E-state index contributed by atoms with van der Waals surface area (Å²) < 4.78 is 0. The predicted molar refractivity (Wildman–Crippen MR) is 199 cm³/mol. The van der Waals surface area contributed by atoms with Crippen LogP contribution in [0.25, 0.3) is 0 Å². The number of hydrogen-bond acceptors (Lipinski definition) is 6. The van der Waals surface area contributed by atoms with Crippen LogP contribution in [-0.2, 0) is 0 Å². The summed E-state index contributed by atoms with van der Waals surface area (Å²) in [4.78, 5) is 0. The summed E-state index contributed by atoms with van der Waals surface area (Å²) in [6.45, 7) is 11.3. The molecule has 0 radical (unpaired) electrons. The van der Waals surface area contributed by atoms with E-state index in [0.29, 0.717) is 11.5 Å². The van der Waals surface area contributed by atoms with Crippen molar-refractivity contribution in [1.29, 1.82) is 0 Å². The van der Waals surface area contributed by atoms with Crippen molar-refractivity contribution in [3.8, 4) is 34.5 Å². The lowest BCUT2D eigenvalue weighted by atomic mass is 9.82. The Hall–Kier alpha value is -5.88. The normalized spacial score (nSPS) is 11.0. The van der Waals surface area contributed by atoms with Crippen LogP contribution < -0.4 is 0 Å².